The van der Waals surface area contributed by atoms with Gasteiger partial charge >= 0.3 is 0 Å². The van der Waals surface area contributed by atoms with E-state index < -0.39 is 5.41 Å². The van der Waals surface area contributed by atoms with Crippen LogP contribution >= 0.6 is 12.4 Å². The van der Waals surface area contributed by atoms with Crippen LogP contribution in [0.15, 0.2) is 60.7 Å². The molecule has 2 fully saturated rings. The van der Waals surface area contributed by atoms with E-state index in [1.165, 1.54) is 0 Å². The topological polar surface area (TPSA) is 32.8 Å². The second-order valence-electron chi connectivity index (χ2n) is 8.35. The predicted molar refractivity (Wildman–Crippen MR) is 123 cm³/mol. The largest absolute Gasteiger partial charge is 0.379 e. The Hall–Kier alpha value is -1.88. The van der Waals surface area contributed by atoms with E-state index in [1.54, 1.807) is 0 Å². The van der Waals surface area contributed by atoms with Crippen molar-refractivity contribution in [3.63, 3.8) is 0 Å². The third-order valence-electron chi connectivity index (χ3n) is 6.56. The summed E-state index contributed by atoms with van der Waals surface area (Å²) in [5, 5.41) is 0. The van der Waals surface area contributed by atoms with Gasteiger partial charge in [-0.05, 0) is 29.9 Å². The minimum Gasteiger partial charge on any atom is -0.379 e. The van der Waals surface area contributed by atoms with E-state index in [9.17, 15) is 4.79 Å². The quantitative estimate of drug-likeness (QED) is 0.697. The Kier molecular flexibility index (Phi) is 7.93. The van der Waals surface area contributed by atoms with Gasteiger partial charge < -0.3 is 9.64 Å². The molecule has 0 aliphatic carbocycles. The molecule has 0 N–H and O–H groups in total. The molecule has 162 valence electrons. The summed E-state index contributed by atoms with van der Waals surface area (Å²) in [5.41, 5.74) is 1.53. The SMILES string of the molecule is CC(CN1CCOCC1)C(C(=O)N1CCCC1)(c1ccccc1)c1ccccc1.Cl. The highest BCUT2D eigenvalue weighted by atomic mass is 35.5. The highest BCUT2D eigenvalue weighted by molar-refractivity contribution is 5.92. The molecule has 4 rings (SSSR count). The van der Waals surface area contributed by atoms with Crippen molar-refractivity contribution in [3.8, 4) is 0 Å². The highest BCUT2D eigenvalue weighted by Crippen LogP contribution is 2.42. The van der Waals surface area contributed by atoms with E-state index in [0.717, 1.165) is 69.9 Å². The van der Waals surface area contributed by atoms with Crippen LogP contribution in [0.4, 0.5) is 0 Å². The standard InChI is InChI=1S/C25H32N2O2.ClH/c1-21(20-26-16-18-29-19-17-26)25(22-10-4-2-5-11-22,23-12-6-3-7-13-23)24(28)27-14-8-9-15-27;/h2-7,10-13,21H,8-9,14-20H2,1H3;1H. The number of rotatable bonds is 6. The Balaban J connectivity index is 0.00000256. The smallest absolute Gasteiger partial charge is 0.238 e. The molecule has 0 aromatic heterocycles. The predicted octanol–water partition coefficient (Wildman–Crippen LogP) is 3.99. The summed E-state index contributed by atoms with van der Waals surface area (Å²) >= 11 is 0. The number of carbonyl (C=O) groups is 1. The van der Waals surface area contributed by atoms with Crippen molar-refractivity contribution in [1.82, 2.24) is 9.80 Å². The molecule has 1 atom stereocenters. The van der Waals surface area contributed by atoms with Gasteiger partial charge in [0.05, 0.1) is 13.2 Å². The molecule has 30 heavy (non-hydrogen) atoms. The van der Waals surface area contributed by atoms with Crippen LogP contribution in [-0.2, 0) is 14.9 Å². The molecule has 5 heteroatoms. The molecule has 0 saturated carbocycles. The Morgan fingerprint density at radius 3 is 1.90 bits per heavy atom. The molecule has 2 aromatic carbocycles. The summed E-state index contributed by atoms with van der Waals surface area (Å²) in [7, 11) is 0. The first-order valence-electron chi connectivity index (χ1n) is 10.9. The average molecular weight is 429 g/mol. The Morgan fingerprint density at radius 1 is 0.900 bits per heavy atom. The molecule has 1 unspecified atom stereocenters. The first-order chi connectivity index (χ1) is 14.2. The van der Waals surface area contributed by atoms with E-state index in [1.807, 2.05) is 12.1 Å². The number of morpholine rings is 1. The second-order valence-corrected chi connectivity index (χ2v) is 8.35. The fourth-order valence-electron chi connectivity index (χ4n) is 5.07. The van der Waals surface area contributed by atoms with Crippen LogP contribution < -0.4 is 0 Å². The number of hydrogen-bond donors (Lipinski definition) is 0. The minimum atomic E-state index is -0.675. The molecule has 2 heterocycles. The highest BCUT2D eigenvalue weighted by Gasteiger charge is 2.49. The monoisotopic (exact) mass is 428 g/mol. The maximum atomic E-state index is 14.2. The average Bonchev–Trinajstić information content (AvgIpc) is 3.31. The van der Waals surface area contributed by atoms with E-state index in [0.29, 0.717) is 0 Å². The van der Waals surface area contributed by atoms with Crippen LogP contribution in [0.25, 0.3) is 0 Å². The summed E-state index contributed by atoms with van der Waals surface area (Å²) in [6.07, 6.45) is 2.20. The molecular formula is C25H33ClN2O2. The fourth-order valence-corrected chi connectivity index (χ4v) is 5.07. The summed E-state index contributed by atoms with van der Waals surface area (Å²) < 4.78 is 5.55. The zero-order valence-electron chi connectivity index (χ0n) is 17.8. The lowest BCUT2D eigenvalue weighted by Gasteiger charge is -2.43. The third-order valence-corrected chi connectivity index (χ3v) is 6.56. The number of nitrogens with zero attached hydrogens (tertiary/aromatic N) is 2. The summed E-state index contributed by atoms with van der Waals surface area (Å²) in [6.45, 7) is 8.28. The van der Waals surface area contributed by atoms with E-state index >= 15 is 0 Å². The minimum absolute atomic E-state index is 0. The second kappa shape index (κ2) is 10.4. The van der Waals surface area contributed by atoms with Gasteiger partial charge in [0.15, 0.2) is 0 Å². The molecule has 0 radical (unpaired) electrons. The first-order valence-corrected chi connectivity index (χ1v) is 10.9. The normalized spacial score (nSPS) is 18.6. The van der Waals surface area contributed by atoms with Gasteiger partial charge in [-0.2, -0.15) is 0 Å². The van der Waals surface area contributed by atoms with Crippen LogP contribution in [0.3, 0.4) is 0 Å². The molecule has 1 amide bonds. The van der Waals surface area contributed by atoms with Gasteiger partial charge in [0.2, 0.25) is 5.91 Å². The number of ether oxygens (including phenoxy) is 1. The van der Waals surface area contributed by atoms with Crippen molar-refractivity contribution in [2.45, 2.75) is 25.2 Å². The number of benzene rings is 2. The summed E-state index contributed by atoms with van der Waals surface area (Å²) in [6, 6.07) is 20.9. The fraction of sp³-hybridized carbons (Fsp3) is 0.480. The van der Waals surface area contributed by atoms with Crippen molar-refractivity contribution in [1.29, 1.82) is 0 Å². The maximum Gasteiger partial charge on any atom is 0.238 e. The van der Waals surface area contributed by atoms with Crippen molar-refractivity contribution in [2.75, 3.05) is 45.9 Å². The van der Waals surface area contributed by atoms with E-state index in [4.69, 9.17) is 4.74 Å². The lowest BCUT2D eigenvalue weighted by atomic mass is 9.65. The van der Waals surface area contributed by atoms with Crippen molar-refractivity contribution in [3.05, 3.63) is 71.8 Å². The molecule has 2 aromatic rings. The van der Waals surface area contributed by atoms with Gasteiger partial charge in [-0.25, -0.2) is 0 Å². The number of likely N-dealkylation sites (tertiary alicyclic amines) is 1. The van der Waals surface area contributed by atoms with Gasteiger partial charge in [0, 0.05) is 32.7 Å². The molecule has 0 bridgehead atoms. The summed E-state index contributed by atoms with van der Waals surface area (Å²) in [5.74, 6) is 0.395. The van der Waals surface area contributed by atoms with Crippen molar-refractivity contribution < 1.29 is 9.53 Å². The Bertz CT molecular complexity index is 748. The van der Waals surface area contributed by atoms with Crippen molar-refractivity contribution in [2.24, 2.45) is 5.92 Å². The lowest BCUT2D eigenvalue weighted by Crippen LogP contribution is -2.54. The van der Waals surface area contributed by atoms with E-state index in [2.05, 4.69) is 65.3 Å². The molecule has 2 saturated heterocycles. The first kappa shape index (κ1) is 22.8. The van der Waals surface area contributed by atoms with Gasteiger partial charge in [-0.3, -0.25) is 9.69 Å². The van der Waals surface area contributed by atoms with E-state index in [-0.39, 0.29) is 24.2 Å². The lowest BCUT2D eigenvalue weighted by molar-refractivity contribution is -0.137. The number of amides is 1. The zero-order chi connectivity index (χ0) is 20.1. The van der Waals surface area contributed by atoms with Crippen LogP contribution in [0.5, 0.6) is 0 Å². The Labute approximate surface area is 186 Å². The number of carbonyl (C=O) groups excluding carboxylic acids is 1. The van der Waals surface area contributed by atoms with Crippen LogP contribution in [0.2, 0.25) is 0 Å². The van der Waals surface area contributed by atoms with Gasteiger partial charge in [-0.1, -0.05) is 67.6 Å². The third kappa shape index (κ3) is 4.41. The van der Waals surface area contributed by atoms with Crippen molar-refractivity contribution >= 4 is 18.3 Å². The summed E-state index contributed by atoms with van der Waals surface area (Å²) in [4.78, 5) is 18.8. The van der Waals surface area contributed by atoms with Gasteiger partial charge in [0.1, 0.15) is 5.41 Å². The van der Waals surface area contributed by atoms with Gasteiger partial charge in [0.25, 0.3) is 0 Å². The molecule has 2 aliphatic rings. The van der Waals surface area contributed by atoms with Crippen LogP contribution in [0, 0.1) is 5.92 Å². The number of hydrogen-bond acceptors (Lipinski definition) is 3. The molecular weight excluding hydrogens is 396 g/mol. The molecule has 0 spiro atoms. The maximum absolute atomic E-state index is 14.2. The van der Waals surface area contributed by atoms with Crippen LogP contribution in [-0.4, -0.2) is 61.6 Å². The van der Waals surface area contributed by atoms with Crippen LogP contribution in [0.1, 0.15) is 30.9 Å². The Morgan fingerprint density at radius 2 is 1.40 bits per heavy atom. The molecule has 4 nitrogen and oxygen atoms in total. The molecule has 2 aliphatic heterocycles. The zero-order valence-corrected chi connectivity index (χ0v) is 18.7. The number of halogens is 1. The van der Waals surface area contributed by atoms with Gasteiger partial charge in [-0.15, -0.1) is 12.4 Å².